The molecule has 0 saturated heterocycles. The maximum Gasteiger partial charge on any atom is 0.321 e. The Balaban J connectivity index is 0.000000245. The number of rotatable bonds is 2. The topological polar surface area (TPSA) is 63.3 Å². The van der Waals surface area contributed by atoms with Gasteiger partial charge in [-0.15, -0.1) is 12.4 Å². The van der Waals surface area contributed by atoms with Crippen molar-refractivity contribution in [3.63, 3.8) is 0 Å². The highest BCUT2D eigenvalue weighted by Crippen LogP contribution is 2.18. The Kier molecular flexibility index (Phi) is 6.40. The predicted octanol–water partition coefficient (Wildman–Crippen LogP) is 1.34. The molecule has 0 amide bonds. The molecule has 84 valence electrons. The van der Waals surface area contributed by atoms with Gasteiger partial charge in [0.15, 0.2) is 0 Å². The number of hydrogen-bond acceptors (Lipinski definition) is 3. The van der Waals surface area contributed by atoms with Crippen molar-refractivity contribution in [1.29, 1.82) is 0 Å². The molecule has 0 heterocycles. The van der Waals surface area contributed by atoms with E-state index in [-0.39, 0.29) is 18.2 Å². The number of fused-ring (bicyclic) bond motifs is 2. The van der Waals surface area contributed by atoms with Gasteiger partial charge in [-0.3, -0.25) is 4.79 Å². The fraction of sp³-hybridized carbons (Fsp3) is 0.300. The molecule has 0 spiro atoms. The van der Waals surface area contributed by atoms with Crippen LogP contribution in [0.4, 0.5) is 0 Å². The van der Waals surface area contributed by atoms with E-state index in [1.165, 1.54) is 17.5 Å². The lowest BCUT2D eigenvalue weighted by Gasteiger charge is -2.11. The van der Waals surface area contributed by atoms with Gasteiger partial charge in [0.25, 0.3) is 0 Å². The fourth-order valence-electron chi connectivity index (χ4n) is 1.03. The van der Waals surface area contributed by atoms with Crippen molar-refractivity contribution in [2.24, 2.45) is 5.73 Å². The molecule has 15 heavy (non-hydrogen) atoms. The van der Waals surface area contributed by atoms with Crippen molar-refractivity contribution in [3.8, 4) is 0 Å². The molecule has 3 rings (SSSR count). The third-order valence-corrected chi connectivity index (χ3v) is 2.31. The zero-order chi connectivity index (χ0) is 10.6. The summed E-state index contributed by atoms with van der Waals surface area (Å²) in [5.74, 6) is -0.815. The smallest absolute Gasteiger partial charge is 0.321 e. The largest absolute Gasteiger partial charge is 0.480 e. The summed E-state index contributed by atoms with van der Waals surface area (Å²) in [6.07, 6.45) is 1.22. The SMILES string of the molecule is Cl.NC(CS)C(=O)O.c1cc2cc(c1)C2. The monoisotopic (exact) mass is 247 g/mol. The van der Waals surface area contributed by atoms with E-state index in [0.29, 0.717) is 0 Å². The second-order valence-corrected chi connectivity index (χ2v) is 3.49. The number of thiol groups is 1. The van der Waals surface area contributed by atoms with Gasteiger partial charge < -0.3 is 10.8 Å². The van der Waals surface area contributed by atoms with Gasteiger partial charge >= 0.3 is 5.97 Å². The minimum absolute atomic E-state index is 0. The molecule has 0 radical (unpaired) electrons. The molecular weight excluding hydrogens is 234 g/mol. The summed E-state index contributed by atoms with van der Waals surface area (Å²) < 4.78 is 0. The summed E-state index contributed by atoms with van der Waals surface area (Å²) in [7, 11) is 0. The number of nitrogens with two attached hydrogens (primary N) is 1. The zero-order valence-electron chi connectivity index (χ0n) is 8.09. The number of carboxylic acids is 1. The lowest BCUT2D eigenvalue weighted by Crippen LogP contribution is -2.31. The first-order valence-electron chi connectivity index (χ1n) is 4.30. The molecule has 2 bridgehead atoms. The van der Waals surface area contributed by atoms with E-state index in [0.717, 1.165) is 0 Å². The summed E-state index contributed by atoms with van der Waals surface area (Å²) in [5.41, 5.74) is 7.91. The Morgan fingerprint density at radius 3 is 2.07 bits per heavy atom. The van der Waals surface area contributed by atoms with Crippen LogP contribution in [0.15, 0.2) is 24.3 Å². The van der Waals surface area contributed by atoms with Crippen LogP contribution in [0.1, 0.15) is 11.1 Å². The van der Waals surface area contributed by atoms with E-state index in [1.54, 1.807) is 0 Å². The normalized spacial score (nSPS) is 12.4. The van der Waals surface area contributed by atoms with Gasteiger partial charge in [0, 0.05) is 5.75 Å². The van der Waals surface area contributed by atoms with E-state index in [4.69, 9.17) is 10.8 Å². The molecule has 0 aliphatic heterocycles. The van der Waals surface area contributed by atoms with Crippen molar-refractivity contribution in [2.45, 2.75) is 12.5 Å². The first-order chi connectivity index (χ1) is 6.63. The molecule has 1 unspecified atom stereocenters. The first-order valence-corrected chi connectivity index (χ1v) is 4.94. The summed E-state index contributed by atoms with van der Waals surface area (Å²) in [4.78, 5) is 9.76. The van der Waals surface area contributed by atoms with Crippen LogP contribution < -0.4 is 5.73 Å². The summed E-state index contributed by atoms with van der Waals surface area (Å²) >= 11 is 3.65. The van der Waals surface area contributed by atoms with Gasteiger partial charge in [0.2, 0.25) is 0 Å². The van der Waals surface area contributed by atoms with Crippen LogP contribution in [0.3, 0.4) is 0 Å². The van der Waals surface area contributed by atoms with Gasteiger partial charge in [-0.25, -0.2) is 0 Å². The number of benzene rings is 1. The Labute approximate surface area is 100 Å². The van der Waals surface area contributed by atoms with Gasteiger partial charge in [-0.2, -0.15) is 12.6 Å². The molecule has 5 heteroatoms. The minimum atomic E-state index is -1.00. The molecule has 2 aliphatic rings. The maximum atomic E-state index is 9.76. The van der Waals surface area contributed by atoms with Crippen LogP contribution in [0, 0.1) is 0 Å². The minimum Gasteiger partial charge on any atom is -0.480 e. The maximum absolute atomic E-state index is 9.76. The van der Waals surface area contributed by atoms with Crippen molar-refractivity contribution < 1.29 is 9.90 Å². The molecule has 0 saturated carbocycles. The standard InChI is InChI=1S/C7H6.C3H7NO2S.ClH/c1-2-6-4-7(3-1)5-6;4-2(1-7)3(5)6;/h1-4H,5H2;2,7H,1,4H2,(H,5,6);1H. The van der Waals surface area contributed by atoms with E-state index in [2.05, 4.69) is 36.9 Å². The Morgan fingerprint density at radius 2 is 2.00 bits per heavy atom. The molecule has 0 fully saturated rings. The van der Waals surface area contributed by atoms with Crippen molar-refractivity contribution >= 4 is 31.0 Å². The fourth-order valence-corrected chi connectivity index (χ4v) is 1.19. The molecule has 2 aliphatic carbocycles. The van der Waals surface area contributed by atoms with E-state index >= 15 is 0 Å². The lowest BCUT2D eigenvalue weighted by atomic mass is 9.94. The summed E-state index contributed by atoms with van der Waals surface area (Å²) in [6.45, 7) is 0. The van der Waals surface area contributed by atoms with Crippen LogP contribution in [0.25, 0.3) is 0 Å². The van der Waals surface area contributed by atoms with Crippen molar-refractivity contribution in [3.05, 3.63) is 35.4 Å². The number of carboxylic acid groups (broad SMARTS) is 1. The van der Waals surface area contributed by atoms with Crippen molar-refractivity contribution in [2.75, 3.05) is 5.75 Å². The summed E-state index contributed by atoms with van der Waals surface area (Å²) in [6, 6.07) is 7.83. The molecule has 1 aromatic rings. The van der Waals surface area contributed by atoms with Gasteiger partial charge in [0.05, 0.1) is 0 Å². The van der Waals surface area contributed by atoms with Gasteiger partial charge in [-0.05, 0) is 17.5 Å². The lowest BCUT2D eigenvalue weighted by molar-refractivity contribution is -0.137. The van der Waals surface area contributed by atoms with Crippen LogP contribution in [0.2, 0.25) is 0 Å². The first kappa shape index (κ1) is 14.3. The molecular formula is C10H14ClNO2S. The molecule has 0 aromatic heterocycles. The second kappa shape index (κ2) is 6.71. The molecule has 3 nitrogen and oxygen atoms in total. The zero-order valence-corrected chi connectivity index (χ0v) is 9.80. The predicted molar refractivity (Wildman–Crippen MR) is 66.0 cm³/mol. The number of halogens is 1. The quantitative estimate of drug-likeness (QED) is 0.702. The average Bonchev–Trinajstić information content (AvgIpc) is 2.17. The molecule has 1 aromatic carbocycles. The summed E-state index contributed by atoms with van der Waals surface area (Å²) in [5, 5.41) is 8.01. The molecule has 3 N–H and O–H groups in total. The highest BCUT2D eigenvalue weighted by molar-refractivity contribution is 7.80. The van der Waals surface area contributed by atoms with Crippen molar-refractivity contribution in [1.82, 2.24) is 0 Å². The van der Waals surface area contributed by atoms with Crippen LogP contribution in [-0.2, 0) is 11.2 Å². The van der Waals surface area contributed by atoms with Gasteiger partial charge in [0.1, 0.15) is 6.04 Å². The van der Waals surface area contributed by atoms with E-state index < -0.39 is 12.0 Å². The third kappa shape index (κ3) is 4.55. The van der Waals surface area contributed by atoms with Crippen LogP contribution in [0.5, 0.6) is 0 Å². The Hall–Kier alpha value is -0.710. The third-order valence-electron chi connectivity index (χ3n) is 1.91. The Morgan fingerprint density at radius 1 is 1.53 bits per heavy atom. The highest BCUT2D eigenvalue weighted by Gasteiger charge is 2.06. The van der Waals surface area contributed by atoms with Crippen LogP contribution >= 0.6 is 25.0 Å². The van der Waals surface area contributed by atoms with Gasteiger partial charge in [-0.1, -0.05) is 24.3 Å². The number of hydrogen-bond donors (Lipinski definition) is 3. The molecule has 1 atom stereocenters. The number of carbonyl (C=O) groups is 1. The highest BCUT2D eigenvalue weighted by atomic mass is 35.5. The van der Waals surface area contributed by atoms with E-state index in [1.807, 2.05) is 0 Å². The number of aliphatic carboxylic acids is 1. The second-order valence-electron chi connectivity index (χ2n) is 3.12. The Bertz CT molecular complexity index is 308. The van der Waals surface area contributed by atoms with E-state index in [9.17, 15) is 4.79 Å². The average molecular weight is 248 g/mol. The van der Waals surface area contributed by atoms with Crippen LogP contribution in [-0.4, -0.2) is 22.9 Å².